The van der Waals surface area contributed by atoms with Crippen molar-refractivity contribution in [3.05, 3.63) is 35.6 Å². The zero-order valence-corrected chi connectivity index (χ0v) is 14.2. The molecule has 0 unspecified atom stereocenters. The maximum absolute atomic E-state index is 12.9. The fraction of sp³-hybridized carbons (Fsp3) is 0.444. The molecule has 0 spiro atoms. The van der Waals surface area contributed by atoms with Gasteiger partial charge in [0, 0.05) is 25.2 Å². The van der Waals surface area contributed by atoms with Crippen LogP contribution in [-0.4, -0.2) is 48.9 Å². The summed E-state index contributed by atoms with van der Waals surface area (Å²) in [6, 6.07) is 7.23. The molecule has 1 heterocycles. The number of hydrogen-bond donors (Lipinski definition) is 1. The lowest BCUT2D eigenvalue weighted by Crippen LogP contribution is -2.41. The van der Waals surface area contributed by atoms with E-state index in [0.717, 1.165) is 0 Å². The molecule has 138 valence electrons. The summed E-state index contributed by atoms with van der Waals surface area (Å²) in [6.45, 7) is 0.629. The molecule has 1 saturated heterocycles. The van der Waals surface area contributed by atoms with Crippen molar-refractivity contribution in [3.63, 3.8) is 0 Å². The summed E-state index contributed by atoms with van der Waals surface area (Å²) >= 11 is 0. The molecule has 2 rings (SSSR count). The van der Waals surface area contributed by atoms with Crippen LogP contribution in [-0.2, 0) is 14.3 Å². The number of rotatable bonds is 6. The van der Waals surface area contributed by atoms with Gasteiger partial charge in [-0.25, -0.2) is 4.39 Å². The van der Waals surface area contributed by atoms with Gasteiger partial charge in [0.1, 0.15) is 5.82 Å². The van der Waals surface area contributed by atoms with Crippen LogP contribution in [0.25, 0.3) is 0 Å². The second-order valence-corrected chi connectivity index (χ2v) is 5.94. The first kappa shape index (κ1) is 19.4. The highest BCUT2D eigenvalue weighted by Gasteiger charge is 2.29. The van der Waals surface area contributed by atoms with Crippen molar-refractivity contribution in [2.45, 2.75) is 19.3 Å². The molecule has 1 fully saturated rings. The number of piperidine rings is 1. The van der Waals surface area contributed by atoms with Crippen LogP contribution >= 0.6 is 0 Å². The minimum Gasteiger partial charge on any atom is -0.455 e. The average Bonchev–Trinajstić information content (AvgIpc) is 2.66. The summed E-state index contributed by atoms with van der Waals surface area (Å²) in [6.07, 6.45) is 1.09. The van der Waals surface area contributed by atoms with Gasteiger partial charge >= 0.3 is 5.97 Å². The number of hydrogen-bond acceptors (Lipinski definition) is 5. The molecule has 7 nitrogen and oxygen atoms in total. The van der Waals surface area contributed by atoms with Crippen molar-refractivity contribution in [1.82, 2.24) is 10.2 Å². The lowest BCUT2D eigenvalue weighted by molar-refractivity contribution is -0.153. The molecular weight excluding hydrogens is 341 g/mol. The van der Waals surface area contributed by atoms with E-state index in [-0.39, 0.29) is 31.4 Å². The third-order valence-corrected chi connectivity index (χ3v) is 4.11. The summed E-state index contributed by atoms with van der Waals surface area (Å²) < 4.78 is 17.9. The number of nitrogens with zero attached hydrogens (tertiary/aromatic N) is 2. The molecule has 0 saturated carbocycles. The zero-order valence-electron chi connectivity index (χ0n) is 14.2. The fourth-order valence-electron chi connectivity index (χ4n) is 2.66. The van der Waals surface area contributed by atoms with Crippen molar-refractivity contribution in [1.29, 1.82) is 5.26 Å². The Hall–Kier alpha value is -2.95. The molecule has 0 aliphatic carbocycles. The van der Waals surface area contributed by atoms with E-state index < -0.39 is 17.7 Å². The first-order valence-corrected chi connectivity index (χ1v) is 8.36. The maximum Gasteiger partial charge on any atom is 0.309 e. The third-order valence-electron chi connectivity index (χ3n) is 4.11. The number of carbonyl (C=O) groups is 3. The lowest BCUT2D eigenvalue weighted by atomic mass is 9.96. The molecule has 8 heteroatoms. The summed E-state index contributed by atoms with van der Waals surface area (Å²) in [5, 5.41) is 10.8. The Morgan fingerprint density at radius 3 is 2.50 bits per heavy atom. The van der Waals surface area contributed by atoms with Crippen LogP contribution < -0.4 is 5.32 Å². The highest BCUT2D eigenvalue weighted by Crippen LogP contribution is 2.20. The van der Waals surface area contributed by atoms with E-state index in [4.69, 9.17) is 10.00 Å². The fourth-order valence-corrected chi connectivity index (χ4v) is 2.66. The van der Waals surface area contributed by atoms with Crippen molar-refractivity contribution < 1.29 is 23.5 Å². The van der Waals surface area contributed by atoms with Crippen LogP contribution in [0.4, 0.5) is 4.39 Å². The molecule has 1 aliphatic rings. The normalized spacial score (nSPS) is 14.4. The smallest absolute Gasteiger partial charge is 0.309 e. The molecule has 1 aliphatic heterocycles. The summed E-state index contributed by atoms with van der Waals surface area (Å²) in [7, 11) is 0. The Labute approximate surface area is 150 Å². The van der Waals surface area contributed by atoms with Gasteiger partial charge < -0.3 is 15.0 Å². The van der Waals surface area contributed by atoms with Crippen LogP contribution in [0.5, 0.6) is 0 Å². The number of ether oxygens (including phenoxy) is 1. The Balaban J connectivity index is 1.74. The SMILES string of the molecule is N#CCCNC(=O)COC(=O)C1CCN(C(=O)c2ccc(F)cc2)CC1. The average molecular weight is 361 g/mol. The molecule has 0 aromatic heterocycles. The van der Waals surface area contributed by atoms with E-state index in [2.05, 4.69) is 5.32 Å². The largest absolute Gasteiger partial charge is 0.455 e. The van der Waals surface area contributed by atoms with E-state index in [0.29, 0.717) is 31.5 Å². The molecule has 0 radical (unpaired) electrons. The number of halogens is 1. The Morgan fingerprint density at radius 1 is 1.23 bits per heavy atom. The number of benzene rings is 1. The predicted octanol–water partition coefficient (Wildman–Crippen LogP) is 1.25. The van der Waals surface area contributed by atoms with Gasteiger partial charge in [-0.3, -0.25) is 14.4 Å². The van der Waals surface area contributed by atoms with Gasteiger partial charge in [0.2, 0.25) is 0 Å². The van der Waals surface area contributed by atoms with Gasteiger partial charge in [-0.15, -0.1) is 0 Å². The van der Waals surface area contributed by atoms with Crippen molar-refractivity contribution in [2.75, 3.05) is 26.2 Å². The second-order valence-electron chi connectivity index (χ2n) is 5.94. The van der Waals surface area contributed by atoms with Gasteiger partial charge in [-0.2, -0.15) is 5.26 Å². The highest BCUT2D eigenvalue weighted by atomic mass is 19.1. The van der Waals surface area contributed by atoms with Crippen LogP contribution in [0.2, 0.25) is 0 Å². The standard InChI is InChI=1S/C18H20FN3O4/c19-15-4-2-13(3-5-15)17(24)22-10-6-14(7-11-22)18(25)26-12-16(23)21-9-1-8-20/h2-5,14H,1,6-7,9-12H2,(H,21,23). The molecule has 1 N–H and O–H groups in total. The zero-order chi connectivity index (χ0) is 18.9. The predicted molar refractivity (Wildman–Crippen MR) is 89.2 cm³/mol. The number of nitrogens with one attached hydrogen (secondary N) is 1. The molecule has 0 atom stereocenters. The number of nitriles is 1. The van der Waals surface area contributed by atoms with Gasteiger partial charge in [0.15, 0.2) is 6.61 Å². The molecule has 1 aromatic carbocycles. The van der Waals surface area contributed by atoms with Crippen molar-refractivity contribution in [3.8, 4) is 6.07 Å². The van der Waals surface area contributed by atoms with E-state index in [1.165, 1.54) is 24.3 Å². The third kappa shape index (κ3) is 5.55. The quantitative estimate of drug-likeness (QED) is 0.607. The van der Waals surface area contributed by atoms with E-state index in [1.54, 1.807) is 4.90 Å². The maximum atomic E-state index is 12.9. The van der Waals surface area contributed by atoms with Crippen LogP contribution in [0.3, 0.4) is 0 Å². The summed E-state index contributed by atoms with van der Waals surface area (Å²) in [5.41, 5.74) is 0.404. The monoisotopic (exact) mass is 361 g/mol. The Morgan fingerprint density at radius 2 is 1.88 bits per heavy atom. The van der Waals surface area contributed by atoms with E-state index in [9.17, 15) is 18.8 Å². The van der Waals surface area contributed by atoms with E-state index >= 15 is 0 Å². The topological polar surface area (TPSA) is 99.5 Å². The number of carbonyl (C=O) groups excluding carboxylic acids is 3. The Bertz CT molecular complexity index is 691. The van der Waals surface area contributed by atoms with E-state index in [1.807, 2.05) is 6.07 Å². The molecule has 26 heavy (non-hydrogen) atoms. The summed E-state index contributed by atoms with van der Waals surface area (Å²) in [4.78, 5) is 37.4. The van der Waals surface area contributed by atoms with Gasteiger partial charge in [0.25, 0.3) is 11.8 Å². The lowest BCUT2D eigenvalue weighted by Gasteiger charge is -2.31. The number of amides is 2. The molecule has 1 aromatic rings. The van der Waals surface area contributed by atoms with Crippen molar-refractivity contribution >= 4 is 17.8 Å². The number of likely N-dealkylation sites (tertiary alicyclic amines) is 1. The second kappa shape index (κ2) is 9.51. The van der Waals surface area contributed by atoms with Crippen LogP contribution in [0.1, 0.15) is 29.6 Å². The van der Waals surface area contributed by atoms with Gasteiger partial charge in [-0.05, 0) is 37.1 Å². The molecular formula is C18H20FN3O4. The number of esters is 1. The summed E-state index contributed by atoms with van der Waals surface area (Å²) in [5.74, 6) is -1.88. The highest BCUT2D eigenvalue weighted by molar-refractivity contribution is 5.94. The van der Waals surface area contributed by atoms with Crippen LogP contribution in [0.15, 0.2) is 24.3 Å². The van der Waals surface area contributed by atoms with Crippen LogP contribution in [0, 0.1) is 23.1 Å². The van der Waals surface area contributed by atoms with Gasteiger partial charge in [-0.1, -0.05) is 0 Å². The minimum atomic E-state index is -0.464. The minimum absolute atomic E-state index is 0.195. The van der Waals surface area contributed by atoms with Crippen molar-refractivity contribution in [2.24, 2.45) is 5.92 Å². The first-order chi connectivity index (χ1) is 12.5. The Kier molecular flexibility index (Phi) is 7.09. The molecule has 2 amide bonds. The van der Waals surface area contributed by atoms with Gasteiger partial charge in [0.05, 0.1) is 18.4 Å². The first-order valence-electron chi connectivity index (χ1n) is 8.36. The molecule has 0 bridgehead atoms.